The SMILES string of the molecule is CC[N+](C)(CC)[C@H](C)C#CCC(c1ccccc1)c1ccccc1. The summed E-state index contributed by atoms with van der Waals surface area (Å²) in [6.45, 7) is 8.98. The summed E-state index contributed by atoms with van der Waals surface area (Å²) in [6, 6.07) is 21.8. The van der Waals surface area contributed by atoms with Crippen LogP contribution in [0.2, 0.25) is 0 Å². The molecule has 0 saturated carbocycles. The zero-order chi connectivity index (χ0) is 17.4. The van der Waals surface area contributed by atoms with Gasteiger partial charge in [-0.2, -0.15) is 0 Å². The van der Waals surface area contributed by atoms with Crippen LogP contribution in [-0.4, -0.2) is 30.7 Å². The monoisotopic (exact) mass is 320 g/mol. The molecule has 0 amide bonds. The van der Waals surface area contributed by atoms with E-state index in [0.29, 0.717) is 12.0 Å². The summed E-state index contributed by atoms with van der Waals surface area (Å²) in [5.74, 6) is 7.35. The van der Waals surface area contributed by atoms with E-state index in [2.05, 4.69) is 100 Å². The van der Waals surface area contributed by atoms with E-state index in [0.717, 1.165) is 24.0 Å². The molecule has 1 heteroatoms. The van der Waals surface area contributed by atoms with Crippen molar-refractivity contribution in [2.75, 3.05) is 20.1 Å². The Kier molecular flexibility index (Phi) is 6.64. The maximum Gasteiger partial charge on any atom is 0.147 e. The first-order valence-corrected chi connectivity index (χ1v) is 9.03. The van der Waals surface area contributed by atoms with Gasteiger partial charge in [-0.15, -0.1) is 0 Å². The molecule has 0 aliphatic heterocycles. The molecule has 0 aliphatic carbocycles. The number of nitrogens with zero attached hydrogens (tertiary/aromatic N) is 1. The zero-order valence-electron chi connectivity index (χ0n) is 15.5. The van der Waals surface area contributed by atoms with Gasteiger partial charge in [-0.05, 0) is 37.8 Å². The molecule has 0 fully saturated rings. The Morgan fingerprint density at radius 2 is 1.29 bits per heavy atom. The fourth-order valence-corrected chi connectivity index (χ4v) is 3.03. The number of hydrogen-bond donors (Lipinski definition) is 0. The van der Waals surface area contributed by atoms with Gasteiger partial charge >= 0.3 is 0 Å². The largest absolute Gasteiger partial charge is 0.314 e. The maximum atomic E-state index is 3.52. The minimum atomic E-state index is 0.342. The van der Waals surface area contributed by atoms with Gasteiger partial charge in [-0.25, -0.2) is 0 Å². The van der Waals surface area contributed by atoms with Crippen molar-refractivity contribution in [1.82, 2.24) is 0 Å². The van der Waals surface area contributed by atoms with Gasteiger partial charge in [0.05, 0.1) is 20.1 Å². The Morgan fingerprint density at radius 3 is 1.71 bits per heavy atom. The molecule has 0 heterocycles. The summed E-state index contributed by atoms with van der Waals surface area (Å²) >= 11 is 0. The van der Waals surface area contributed by atoms with E-state index in [9.17, 15) is 0 Å². The first-order chi connectivity index (χ1) is 11.6. The first kappa shape index (κ1) is 18.3. The maximum absolute atomic E-state index is 3.52. The summed E-state index contributed by atoms with van der Waals surface area (Å²) < 4.78 is 1.01. The molecule has 0 spiro atoms. The van der Waals surface area contributed by atoms with Crippen molar-refractivity contribution in [2.45, 2.75) is 39.2 Å². The molecule has 2 aromatic rings. The fourth-order valence-electron chi connectivity index (χ4n) is 3.03. The van der Waals surface area contributed by atoms with E-state index >= 15 is 0 Å². The van der Waals surface area contributed by atoms with E-state index < -0.39 is 0 Å². The van der Waals surface area contributed by atoms with Crippen LogP contribution in [-0.2, 0) is 0 Å². The van der Waals surface area contributed by atoms with Gasteiger partial charge in [0, 0.05) is 12.3 Å². The van der Waals surface area contributed by atoms with Gasteiger partial charge in [-0.3, -0.25) is 0 Å². The molecule has 0 bridgehead atoms. The van der Waals surface area contributed by atoms with Crippen molar-refractivity contribution in [1.29, 1.82) is 0 Å². The molecule has 2 aromatic carbocycles. The Bertz CT molecular complexity index is 620. The van der Waals surface area contributed by atoms with Gasteiger partial charge < -0.3 is 4.48 Å². The van der Waals surface area contributed by atoms with Crippen LogP contribution >= 0.6 is 0 Å². The molecule has 24 heavy (non-hydrogen) atoms. The smallest absolute Gasteiger partial charge is 0.147 e. The van der Waals surface area contributed by atoms with Crippen LogP contribution < -0.4 is 0 Å². The summed E-state index contributed by atoms with van der Waals surface area (Å²) in [6.07, 6.45) is 0.867. The lowest BCUT2D eigenvalue weighted by molar-refractivity contribution is -0.920. The normalized spacial score (nSPS) is 12.5. The molecular weight excluding hydrogens is 290 g/mol. The highest BCUT2D eigenvalue weighted by Crippen LogP contribution is 2.27. The van der Waals surface area contributed by atoms with Gasteiger partial charge in [0.2, 0.25) is 0 Å². The lowest BCUT2D eigenvalue weighted by Crippen LogP contribution is -2.49. The van der Waals surface area contributed by atoms with Gasteiger partial charge in [-0.1, -0.05) is 66.6 Å². The molecule has 1 atom stereocenters. The quantitative estimate of drug-likeness (QED) is 0.514. The van der Waals surface area contributed by atoms with Crippen molar-refractivity contribution in [3.8, 4) is 11.8 Å². The van der Waals surface area contributed by atoms with Crippen LogP contribution in [0.15, 0.2) is 60.7 Å². The lowest BCUT2D eigenvalue weighted by atomic mass is 9.89. The topological polar surface area (TPSA) is 0 Å². The van der Waals surface area contributed by atoms with Crippen LogP contribution in [0, 0.1) is 11.8 Å². The third-order valence-electron chi connectivity index (χ3n) is 5.40. The van der Waals surface area contributed by atoms with E-state index in [1.54, 1.807) is 0 Å². The third kappa shape index (κ3) is 4.49. The third-order valence-corrected chi connectivity index (χ3v) is 5.40. The standard InChI is InChI=1S/C23H30N/c1-5-24(4,6-2)20(3)14-13-19-23(21-15-9-7-10-16-21)22-17-11-8-12-18-22/h7-12,15-18,20,23H,5-6,19H2,1-4H3/q+1/t20-/m1/s1. The van der Waals surface area contributed by atoms with Gasteiger partial charge in [0.1, 0.15) is 6.04 Å². The Labute approximate surface area is 147 Å². The number of quaternary nitrogens is 1. The van der Waals surface area contributed by atoms with E-state index in [4.69, 9.17) is 0 Å². The highest BCUT2D eigenvalue weighted by atomic mass is 15.3. The number of benzene rings is 2. The number of hydrogen-bond acceptors (Lipinski definition) is 0. The average Bonchev–Trinajstić information content (AvgIpc) is 2.65. The fraction of sp³-hybridized carbons (Fsp3) is 0.391. The van der Waals surface area contributed by atoms with E-state index in [1.165, 1.54) is 11.1 Å². The summed E-state index contributed by atoms with van der Waals surface area (Å²) in [7, 11) is 2.30. The zero-order valence-corrected chi connectivity index (χ0v) is 15.5. The molecule has 1 nitrogen and oxygen atoms in total. The van der Waals surface area contributed by atoms with Crippen LogP contribution in [0.5, 0.6) is 0 Å². The molecule has 2 rings (SSSR count). The molecule has 0 unspecified atom stereocenters. The predicted molar refractivity (Wildman–Crippen MR) is 104 cm³/mol. The molecule has 0 saturated heterocycles. The first-order valence-electron chi connectivity index (χ1n) is 9.03. The van der Waals surface area contributed by atoms with Crippen LogP contribution in [0.1, 0.15) is 44.2 Å². The second-order valence-corrected chi connectivity index (χ2v) is 6.69. The Balaban J connectivity index is 2.21. The summed E-state index contributed by atoms with van der Waals surface area (Å²) in [5, 5.41) is 0. The molecular formula is C23H30N+. The van der Waals surface area contributed by atoms with Crippen molar-refractivity contribution < 1.29 is 4.48 Å². The lowest BCUT2D eigenvalue weighted by Gasteiger charge is -2.35. The van der Waals surface area contributed by atoms with Crippen LogP contribution in [0.25, 0.3) is 0 Å². The average molecular weight is 320 g/mol. The van der Waals surface area contributed by atoms with Crippen LogP contribution in [0.3, 0.4) is 0 Å². The van der Waals surface area contributed by atoms with E-state index in [1.807, 2.05) is 0 Å². The van der Waals surface area contributed by atoms with Gasteiger partial charge in [0.25, 0.3) is 0 Å². The minimum absolute atomic E-state index is 0.342. The highest BCUT2D eigenvalue weighted by Gasteiger charge is 2.23. The van der Waals surface area contributed by atoms with Crippen LogP contribution in [0.4, 0.5) is 0 Å². The molecule has 0 aliphatic rings. The number of rotatable bonds is 6. The minimum Gasteiger partial charge on any atom is -0.314 e. The van der Waals surface area contributed by atoms with Crippen molar-refractivity contribution in [3.63, 3.8) is 0 Å². The molecule has 126 valence electrons. The molecule has 0 N–H and O–H groups in total. The Hall–Kier alpha value is -2.04. The van der Waals surface area contributed by atoms with E-state index in [-0.39, 0.29) is 0 Å². The Morgan fingerprint density at radius 1 is 0.833 bits per heavy atom. The highest BCUT2D eigenvalue weighted by molar-refractivity contribution is 5.34. The van der Waals surface area contributed by atoms with Crippen molar-refractivity contribution in [3.05, 3.63) is 71.8 Å². The molecule has 0 aromatic heterocycles. The molecule has 0 radical (unpaired) electrons. The van der Waals surface area contributed by atoms with Crippen molar-refractivity contribution in [2.24, 2.45) is 0 Å². The van der Waals surface area contributed by atoms with Gasteiger partial charge in [0.15, 0.2) is 0 Å². The summed E-state index contributed by atoms with van der Waals surface area (Å²) in [5.41, 5.74) is 2.68. The second kappa shape index (κ2) is 8.71. The predicted octanol–water partition coefficient (Wildman–Crippen LogP) is 5.09. The summed E-state index contributed by atoms with van der Waals surface area (Å²) in [4.78, 5) is 0. The second-order valence-electron chi connectivity index (χ2n) is 6.69. The van der Waals surface area contributed by atoms with Crippen molar-refractivity contribution >= 4 is 0 Å².